The number of rotatable bonds is 3. The van der Waals surface area contributed by atoms with E-state index in [0.717, 1.165) is 58.7 Å². The van der Waals surface area contributed by atoms with Gasteiger partial charge in [-0.25, -0.2) is 0 Å². The van der Waals surface area contributed by atoms with Crippen LogP contribution in [0.2, 0.25) is 0 Å². The lowest BCUT2D eigenvalue weighted by molar-refractivity contribution is 0.187. The first-order valence-corrected chi connectivity index (χ1v) is 11.8. The van der Waals surface area contributed by atoms with Gasteiger partial charge in [-0.1, -0.05) is 42.0 Å². The molecule has 6 heteroatoms. The molecule has 2 saturated heterocycles. The van der Waals surface area contributed by atoms with Gasteiger partial charge in [0.25, 0.3) is 0 Å². The highest BCUT2D eigenvalue weighted by Crippen LogP contribution is 2.54. The predicted molar refractivity (Wildman–Crippen MR) is 128 cm³/mol. The third-order valence-electron chi connectivity index (χ3n) is 7.29. The van der Waals surface area contributed by atoms with E-state index in [-0.39, 0.29) is 5.41 Å². The van der Waals surface area contributed by atoms with Gasteiger partial charge >= 0.3 is 0 Å². The van der Waals surface area contributed by atoms with Crippen molar-refractivity contribution < 1.29 is 0 Å². The van der Waals surface area contributed by atoms with Crippen LogP contribution in [0.15, 0.2) is 77.3 Å². The molecule has 1 aromatic carbocycles. The third kappa shape index (κ3) is 3.88. The molecule has 0 amide bonds. The molecule has 1 spiro atoms. The molecule has 32 heavy (non-hydrogen) atoms. The van der Waals surface area contributed by atoms with Crippen LogP contribution in [-0.2, 0) is 6.54 Å². The van der Waals surface area contributed by atoms with E-state index in [9.17, 15) is 5.26 Å². The number of likely N-dealkylation sites (tertiary alicyclic amines) is 1. The summed E-state index contributed by atoms with van der Waals surface area (Å²) in [7, 11) is 2.19. The summed E-state index contributed by atoms with van der Waals surface area (Å²) in [6, 6.07) is 13.0. The lowest BCUT2D eigenvalue weighted by atomic mass is 9.70. The molecule has 5 nitrogen and oxygen atoms in total. The molecule has 5 rings (SSSR count). The van der Waals surface area contributed by atoms with Gasteiger partial charge in [0.15, 0.2) is 0 Å². The predicted octanol–water partition coefficient (Wildman–Crippen LogP) is 4.10. The van der Waals surface area contributed by atoms with Crippen molar-refractivity contribution >= 4 is 11.8 Å². The van der Waals surface area contributed by atoms with E-state index < -0.39 is 0 Å². The molecule has 1 aliphatic carbocycles. The van der Waals surface area contributed by atoms with Gasteiger partial charge in [-0.2, -0.15) is 5.26 Å². The number of benzene rings is 1. The number of hydrogen-bond donors (Lipinski definition) is 0. The van der Waals surface area contributed by atoms with Gasteiger partial charge in [-0.3, -0.25) is 9.32 Å². The van der Waals surface area contributed by atoms with E-state index in [0.29, 0.717) is 0 Å². The van der Waals surface area contributed by atoms with Crippen LogP contribution in [0, 0.1) is 16.7 Å². The molecule has 0 saturated carbocycles. The Morgan fingerprint density at radius 1 is 1.16 bits per heavy atom. The van der Waals surface area contributed by atoms with E-state index in [4.69, 9.17) is 11.8 Å². The highest BCUT2D eigenvalue weighted by Gasteiger charge is 2.51. The second-order valence-electron chi connectivity index (χ2n) is 9.40. The zero-order chi connectivity index (χ0) is 22.1. The average Bonchev–Trinajstić information content (AvgIpc) is 3.07. The summed E-state index contributed by atoms with van der Waals surface area (Å²) in [5.41, 5.74) is 6.27. The fourth-order valence-corrected chi connectivity index (χ4v) is 6.00. The van der Waals surface area contributed by atoms with E-state index in [2.05, 4.69) is 70.3 Å². The summed E-state index contributed by atoms with van der Waals surface area (Å²) < 4.78 is 1.80. The molecular formula is C26H30ClN5. The van der Waals surface area contributed by atoms with Gasteiger partial charge in [-0.05, 0) is 37.1 Å². The summed E-state index contributed by atoms with van der Waals surface area (Å²) >= 11 is 6.84. The SMILES string of the molecule is CN1CCN(C2=C3CN(Cc4ccccc4)CC34C/C(=C\C#N)CC=C4N(Cl)C=C2)CC1. The summed E-state index contributed by atoms with van der Waals surface area (Å²) in [4.78, 5) is 7.48. The van der Waals surface area contributed by atoms with Crippen LogP contribution in [0.25, 0.3) is 0 Å². The summed E-state index contributed by atoms with van der Waals surface area (Å²) in [5.74, 6) is 0. The molecule has 4 aliphatic rings. The Hall–Kier alpha value is -2.52. The lowest BCUT2D eigenvalue weighted by Crippen LogP contribution is -2.44. The molecule has 0 N–H and O–H groups in total. The Labute approximate surface area is 196 Å². The van der Waals surface area contributed by atoms with E-state index in [1.807, 2.05) is 6.20 Å². The largest absolute Gasteiger partial charge is 0.369 e. The highest BCUT2D eigenvalue weighted by molar-refractivity contribution is 6.15. The third-order valence-corrected chi connectivity index (χ3v) is 7.59. The van der Waals surface area contributed by atoms with Crippen molar-refractivity contribution in [2.45, 2.75) is 19.4 Å². The van der Waals surface area contributed by atoms with Crippen LogP contribution in [0.4, 0.5) is 0 Å². The van der Waals surface area contributed by atoms with Crippen molar-refractivity contribution in [3.8, 4) is 6.07 Å². The van der Waals surface area contributed by atoms with Gasteiger partial charge in [0.2, 0.25) is 0 Å². The van der Waals surface area contributed by atoms with Crippen LogP contribution in [0.5, 0.6) is 0 Å². The number of nitrogens with zero attached hydrogens (tertiary/aromatic N) is 5. The highest BCUT2D eigenvalue weighted by atomic mass is 35.5. The average molecular weight is 448 g/mol. The van der Waals surface area contributed by atoms with Crippen molar-refractivity contribution in [3.05, 3.63) is 82.9 Å². The number of nitriles is 1. The topological polar surface area (TPSA) is 36.8 Å². The minimum Gasteiger partial charge on any atom is -0.369 e. The zero-order valence-electron chi connectivity index (χ0n) is 18.7. The molecule has 166 valence electrons. The number of hydrogen-bond acceptors (Lipinski definition) is 5. The maximum Gasteiger partial charge on any atom is 0.0911 e. The van der Waals surface area contributed by atoms with Crippen molar-refractivity contribution in [3.63, 3.8) is 0 Å². The Morgan fingerprint density at radius 3 is 2.69 bits per heavy atom. The molecule has 2 fully saturated rings. The molecule has 1 aromatic rings. The fraction of sp³-hybridized carbons (Fsp3) is 0.423. The summed E-state index contributed by atoms with van der Waals surface area (Å²) in [6.45, 7) is 6.93. The lowest BCUT2D eigenvalue weighted by Gasteiger charge is -2.41. The van der Waals surface area contributed by atoms with Gasteiger partial charge in [0.05, 0.1) is 11.5 Å². The van der Waals surface area contributed by atoms with Crippen LogP contribution in [-0.4, -0.2) is 65.4 Å². The zero-order valence-corrected chi connectivity index (χ0v) is 19.4. The molecule has 3 heterocycles. The van der Waals surface area contributed by atoms with Crippen molar-refractivity contribution in [1.82, 2.24) is 19.1 Å². The number of halogens is 1. The molecule has 1 atom stereocenters. The Morgan fingerprint density at radius 2 is 1.94 bits per heavy atom. The second kappa shape index (κ2) is 8.78. The van der Waals surface area contributed by atoms with Crippen molar-refractivity contribution in [1.29, 1.82) is 5.26 Å². The Bertz CT molecular complexity index is 1030. The van der Waals surface area contributed by atoms with E-state index >= 15 is 0 Å². The van der Waals surface area contributed by atoms with Gasteiger partial charge in [0.1, 0.15) is 0 Å². The van der Waals surface area contributed by atoms with E-state index in [1.54, 1.807) is 10.5 Å². The van der Waals surface area contributed by atoms with Crippen molar-refractivity contribution in [2.24, 2.45) is 5.41 Å². The molecule has 1 unspecified atom stereocenters. The number of likely N-dealkylation sites (N-methyl/N-ethyl adjacent to an activating group) is 1. The minimum atomic E-state index is -0.195. The first-order valence-electron chi connectivity index (χ1n) is 11.4. The second-order valence-corrected chi connectivity index (χ2v) is 9.76. The number of piperazine rings is 1. The quantitative estimate of drug-likeness (QED) is 0.515. The Balaban J connectivity index is 1.58. The van der Waals surface area contributed by atoms with Gasteiger partial charge in [0, 0.05) is 81.3 Å². The summed E-state index contributed by atoms with van der Waals surface area (Å²) in [6.07, 6.45) is 9.87. The normalized spacial score (nSPS) is 27.8. The smallest absolute Gasteiger partial charge is 0.0911 e. The van der Waals surface area contributed by atoms with Crippen LogP contribution in [0.3, 0.4) is 0 Å². The summed E-state index contributed by atoms with van der Waals surface area (Å²) in [5, 5.41) is 9.36. The van der Waals surface area contributed by atoms with Crippen LogP contribution < -0.4 is 0 Å². The molecule has 0 aromatic heterocycles. The van der Waals surface area contributed by atoms with Crippen molar-refractivity contribution in [2.75, 3.05) is 46.3 Å². The van der Waals surface area contributed by atoms with Gasteiger partial charge in [-0.15, -0.1) is 0 Å². The maximum atomic E-state index is 9.36. The Kier molecular flexibility index (Phi) is 5.86. The first-order chi connectivity index (χ1) is 15.6. The first kappa shape index (κ1) is 21.3. The standard InChI is InChI=1S/C26H30ClN5/c1-29-13-15-31(16-14-29)24-10-12-32(27)25-8-7-21(9-11-28)17-26(25)20-30(19-23(24)26)18-22-5-3-2-4-6-22/h2-6,8-10,12H,7,13-20H2,1H3/b21-9-. The molecule has 0 bridgehead atoms. The van der Waals surface area contributed by atoms with Crippen LogP contribution >= 0.6 is 11.8 Å². The monoisotopic (exact) mass is 447 g/mol. The molecule has 3 aliphatic heterocycles. The molecular weight excluding hydrogens is 418 g/mol. The van der Waals surface area contributed by atoms with Gasteiger partial charge < -0.3 is 9.80 Å². The van der Waals surface area contributed by atoms with E-state index in [1.165, 1.54) is 28.1 Å². The fourth-order valence-electron chi connectivity index (χ4n) is 5.71. The molecule has 0 radical (unpaired) electrons. The maximum absolute atomic E-state index is 9.36. The minimum absolute atomic E-state index is 0.195. The number of allylic oxidation sites excluding steroid dienone is 4. The van der Waals surface area contributed by atoms with Crippen LogP contribution in [0.1, 0.15) is 18.4 Å².